The van der Waals surface area contributed by atoms with E-state index in [1.165, 1.54) is 19.3 Å². The lowest BCUT2D eigenvalue weighted by atomic mass is 9.94. The van der Waals surface area contributed by atoms with Gasteiger partial charge in [-0.3, -0.25) is 14.5 Å². The molecule has 0 aromatic carbocycles. The fraction of sp³-hybridized carbons (Fsp3) is 0.875. The molecule has 0 aromatic heterocycles. The van der Waals surface area contributed by atoms with Gasteiger partial charge in [0.25, 0.3) is 0 Å². The predicted octanol–water partition coefficient (Wildman–Crippen LogP) is 1.33. The summed E-state index contributed by atoms with van der Waals surface area (Å²) in [5.41, 5.74) is 0. The monoisotopic (exact) mass is 295 g/mol. The third kappa shape index (κ3) is 4.70. The molecule has 0 unspecified atom stereocenters. The average Bonchev–Trinajstić information content (AvgIpc) is 2.73. The van der Waals surface area contributed by atoms with Crippen LogP contribution in [0.1, 0.15) is 45.4 Å². The van der Waals surface area contributed by atoms with E-state index in [0.717, 1.165) is 45.4 Å². The van der Waals surface area contributed by atoms with Crippen molar-refractivity contribution in [2.75, 3.05) is 39.8 Å². The van der Waals surface area contributed by atoms with E-state index in [0.29, 0.717) is 12.6 Å². The largest absolute Gasteiger partial charge is 0.342 e. The summed E-state index contributed by atoms with van der Waals surface area (Å²) in [6, 6.07) is 0.437. The Kier molecular flexibility index (Phi) is 6.03. The van der Waals surface area contributed by atoms with Crippen LogP contribution in [0.25, 0.3) is 0 Å². The predicted molar refractivity (Wildman–Crippen MR) is 83.0 cm³/mol. The molecular formula is C16H29N3O2. The highest BCUT2D eigenvalue weighted by atomic mass is 16.2. The zero-order valence-electron chi connectivity index (χ0n) is 13.5. The minimum Gasteiger partial charge on any atom is -0.342 e. The van der Waals surface area contributed by atoms with E-state index in [1.54, 1.807) is 6.92 Å². The van der Waals surface area contributed by atoms with Gasteiger partial charge in [-0.25, -0.2) is 0 Å². The summed E-state index contributed by atoms with van der Waals surface area (Å²) >= 11 is 0. The highest BCUT2D eigenvalue weighted by Crippen LogP contribution is 2.21. The molecule has 0 radical (unpaired) electrons. The number of rotatable bonds is 3. The maximum absolute atomic E-state index is 12.4. The van der Waals surface area contributed by atoms with Crippen molar-refractivity contribution in [3.63, 3.8) is 0 Å². The Morgan fingerprint density at radius 1 is 1.00 bits per heavy atom. The standard InChI is InChI=1S/C16H29N3O2/c1-14(20)19-10-6-9-18(11-12-19)13-16(21)17(2)15-7-4-3-5-8-15/h15H,3-13H2,1-2H3. The summed E-state index contributed by atoms with van der Waals surface area (Å²) in [4.78, 5) is 29.9. The van der Waals surface area contributed by atoms with Gasteiger partial charge in [0, 0.05) is 46.2 Å². The molecular weight excluding hydrogens is 266 g/mol. The Morgan fingerprint density at radius 2 is 1.71 bits per heavy atom. The number of hydrogen-bond donors (Lipinski definition) is 0. The molecule has 0 spiro atoms. The van der Waals surface area contributed by atoms with Gasteiger partial charge in [-0.05, 0) is 19.3 Å². The van der Waals surface area contributed by atoms with Crippen LogP contribution < -0.4 is 0 Å². The van der Waals surface area contributed by atoms with Gasteiger partial charge in [-0.1, -0.05) is 19.3 Å². The summed E-state index contributed by atoms with van der Waals surface area (Å²) in [5, 5.41) is 0. The van der Waals surface area contributed by atoms with E-state index in [2.05, 4.69) is 4.90 Å². The SMILES string of the molecule is CC(=O)N1CCCN(CC(=O)N(C)C2CCCCC2)CC1. The lowest BCUT2D eigenvalue weighted by molar-refractivity contribution is -0.133. The van der Waals surface area contributed by atoms with Crippen molar-refractivity contribution in [2.45, 2.75) is 51.5 Å². The first-order chi connectivity index (χ1) is 10.1. The summed E-state index contributed by atoms with van der Waals surface area (Å²) < 4.78 is 0. The summed E-state index contributed by atoms with van der Waals surface area (Å²) in [5.74, 6) is 0.376. The molecule has 2 fully saturated rings. The molecule has 2 aliphatic rings. The fourth-order valence-corrected chi connectivity index (χ4v) is 3.42. The number of carbonyl (C=O) groups excluding carboxylic acids is 2. The maximum Gasteiger partial charge on any atom is 0.236 e. The summed E-state index contributed by atoms with van der Waals surface area (Å²) in [6.45, 7) is 5.41. The number of amides is 2. The smallest absolute Gasteiger partial charge is 0.236 e. The maximum atomic E-state index is 12.4. The molecule has 1 saturated heterocycles. The van der Waals surface area contributed by atoms with Gasteiger partial charge in [-0.2, -0.15) is 0 Å². The molecule has 1 saturated carbocycles. The zero-order valence-corrected chi connectivity index (χ0v) is 13.5. The average molecular weight is 295 g/mol. The first-order valence-corrected chi connectivity index (χ1v) is 8.31. The van der Waals surface area contributed by atoms with Crippen LogP contribution in [0, 0.1) is 0 Å². The number of likely N-dealkylation sites (N-methyl/N-ethyl adjacent to an activating group) is 1. The molecule has 1 heterocycles. The van der Waals surface area contributed by atoms with Crippen LogP contribution in [0.2, 0.25) is 0 Å². The normalized spacial score (nSPS) is 21.9. The molecule has 0 bridgehead atoms. The molecule has 2 rings (SSSR count). The quantitative estimate of drug-likeness (QED) is 0.789. The first kappa shape index (κ1) is 16.3. The molecule has 21 heavy (non-hydrogen) atoms. The molecule has 0 atom stereocenters. The number of carbonyl (C=O) groups is 2. The van der Waals surface area contributed by atoms with E-state index >= 15 is 0 Å². The Labute approximate surface area is 128 Å². The highest BCUT2D eigenvalue weighted by Gasteiger charge is 2.24. The van der Waals surface area contributed by atoms with Crippen molar-refractivity contribution in [1.29, 1.82) is 0 Å². The Balaban J connectivity index is 1.80. The van der Waals surface area contributed by atoms with E-state index in [4.69, 9.17) is 0 Å². The Morgan fingerprint density at radius 3 is 2.38 bits per heavy atom. The summed E-state index contributed by atoms with van der Waals surface area (Å²) in [6.07, 6.45) is 7.07. The highest BCUT2D eigenvalue weighted by molar-refractivity contribution is 5.78. The van der Waals surface area contributed by atoms with E-state index in [-0.39, 0.29) is 11.8 Å². The van der Waals surface area contributed by atoms with Crippen molar-refractivity contribution >= 4 is 11.8 Å². The van der Waals surface area contributed by atoms with Gasteiger partial charge in [0.2, 0.25) is 11.8 Å². The second kappa shape index (κ2) is 7.78. The molecule has 0 aromatic rings. The molecule has 0 N–H and O–H groups in total. The topological polar surface area (TPSA) is 43.9 Å². The van der Waals surface area contributed by atoms with Crippen molar-refractivity contribution in [3.05, 3.63) is 0 Å². The van der Waals surface area contributed by atoms with Crippen LogP contribution in [0.3, 0.4) is 0 Å². The van der Waals surface area contributed by atoms with E-state index in [1.807, 2.05) is 16.8 Å². The molecule has 5 nitrogen and oxygen atoms in total. The summed E-state index contributed by atoms with van der Waals surface area (Å²) in [7, 11) is 1.96. The van der Waals surface area contributed by atoms with Gasteiger partial charge in [0.05, 0.1) is 6.54 Å². The molecule has 120 valence electrons. The van der Waals surface area contributed by atoms with Crippen LogP contribution >= 0.6 is 0 Å². The van der Waals surface area contributed by atoms with Crippen molar-refractivity contribution in [3.8, 4) is 0 Å². The van der Waals surface area contributed by atoms with Crippen molar-refractivity contribution in [2.24, 2.45) is 0 Å². The van der Waals surface area contributed by atoms with Gasteiger partial charge < -0.3 is 9.80 Å². The van der Waals surface area contributed by atoms with Crippen LogP contribution in [0.4, 0.5) is 0 Å². The van der Waals surface area contributed by atoms with Gasteiger partial charge in [-0.15, -0.1) is 0 Å². The number of hydrogen-bond acceptors (Lipinski definition) is 3. The minimum atomic E-state index is 0.141. The lowest BCUT2D eigenvalue weighted by Crippen LogP contribution is -2.45. The number of nitrogens with zero attached hydrogens (tertiary/aromatic N) is 3. The van der Waals surface area contributed by atoms with E-state index in [9.17, 15) is 9.59 Å². The third-order valence-electron chi connectivity index (χ3n) is 4.91. The van der Waals surface area contributed by atoms with Gasteiger partial charge in [0.15, 0.2) is 0 Å². The molecule has 1 aliphatic carbocycles. The van der Waals surface area contributed by atoms with Crippen LogP contribution in [0.15, 0.2) is 0 Å². The Hall–Kier alpha value is -1.10. The van der Waals surface area contributed by atoms with E-state index < -0.39 is 0 Å². The zero-order chi connectivity index (χ0) is 15.2. The van der Waals surface area contributed by atoms with Crippen molar-refractivity contribution in [1.82, 2.24) is 14.7 Å². The van der Waals surface area contributed by atoms with Gasteiger partial charge in [0.1, 0.15) is 0 Å². The van der Waals surface area contributed by atoms with Crippen LogP contribution in [-0.2, 0) is 9.59 Å². The second-order valence-corrected chi connectivity index (χ2v) is 6.43. The van der Waals surface area contributed by atoms with Gasteiger partial charge >= 0.3 is 0 Å². The molecule has 2 amide bonds. The second-order valence-electron chi connectivity index (χ2n) is 6.43. The lowest BCUT2D eigenvalue weighted by Gasteiger charge is -2.32. The molecule has 5 heteroatoms. The first-order valence-electron chi connectivity index (χ1n) is 8.31. The third-order valence-corrected chi connectivity index (χ3v) is 4.91. The Bertz CT molecular complexity index is 367. The molecule has 1 aliphatic heterocycles. The van der Waals surface area contributed by atoms with Crippen molar-refractivity contribution < 1.29 is 9.59 Å². The fourth-order valence-electron chi connectivity index (χ4n) is 3.42. The minimum absolute atomic E-state index is 0.141. The van der Waals surface area contributed by atoms with Crippen LogP contribution in [-0.4, -0.2) is 72.3 Å². The van der Waals surface area contributed by atoms with Crippen LogP contribution in [0.5, 0.6) is 0 Å².